The summed E-state index contributed by atoms with van der Waals surface area (Å²) >= 11 is 1.59. The molecule has 0 aromatic heterocycles. The van der Waals surface area contributed by atoms with Crippen molar-refractivity contribution in [3.63, 3.8) is 0 Å². The Morgan fingerprint density at radius 2 is 1.78 bits per heavy atom. The molecule has 1 N–H and O–H groups in total. The predicted octanol–water partition coefficient (Wildman–Crippen LogP) is 3.56. The second kappa shape index (κ2) is 10.2. The van der Waals surface area contributed by atoms with Crippen LogP contribution in [0.1, 0.15) is 66.7 Å². The third-order valence-electron chi connectivity index (χ3n) is 7.91. The van der Waals surface area contributed by atoms with Crippen LogP contribution in [-0.2, 0) is 19.1 Å². The molecule has 1 unspecified atom stereocenters. The molecule has 0 saturated carbocycles. The molecule has 4 heterocycles. The molecule has 4 aliphatic rings. The van der Waals surface area contributed by atoms with Crippen molar-refractivity contribution in [1.29, 1.82) is 0 Å². The number of esters is 1. The van der Waals surface area contributed by atoms with Crippen molar-refractivity contribution >= 4 is 29.5 Å². The van der Waals surface area contributed by atoms with Crippen molar-refractivity contribution in [2.45, 2.75) is 88.3 Å². The van der Waals surface area contributed by atoms with Crippen LogP contribution < -0.4 is 0 Å². The third-order valence-corrected chi connectivity index (χ3v) is 9.66. The zero-order valence-corrected chi connectivity index (χ0v) is 23.2. The van der Waals surface area contributed by atoms with Gasteiger partial charge in [0.05, 0.1) is 16.6 Å². The lowest BCUT2D eigenvalue weighted by Crippen LogP contribution is -2.58. The van der Waals surface area contributed by atoms with E-state index in [4.69, 9.17) is 9.84 Å². The van der Waals surface area contributed by atoms with Gasteiger partial charge in [-0.15, -0.1) is 11.8 Å². The fraction of sp³-hybridized carbons (Fsp3) is 0.750. The summed E-state index contributed by atoms with van der Waals surface area (Å²) < 4.78 is 4.66. The van der Waals surface area contributed by atoms with Crippen LogP contribution in [-0.4, -0.2) is 80.6 Å². The summed E-state index contributed by atoms with van der Waals surface area (Å²) in [5.74, 6) is -1.68. The topological polar surface area (TPSA) is 87.2 Å². The quantitative estimate of drug-likeness (QED) is 0.300. The van der Waals surface area contributed by atoms with Gasteiger partial charge in [-0.05, 0) is 38.5 Å². The molecular weight excluding hydrogens is 476 g/mol. The molecule has 4 aliphatic heterocycles. The first-order valence-corrected chi connectivity index (χ1v) is 14.2. The number of hydrogen-bond acceptors (Lipinski definition) is 6. The summed E-state index contributed by atoms with van der Waals surface area (Å²) in [6.45, 7) is 12.1. The summed E-state index contributed by atoms with van der Waals surface area (Å²) in [6.07, 6.45) is 12.0. The Kier molecular flexibility index (Phi) is 7.69. The second-order valence-corrected chi connectivity index (χ2v) is 14.0. The molecule has 0 aromatic carbocycles. The van der Waals surface area contributed by atoms with Crippen LogP contribution in [0.2, 0.25) is 0 Å². The number of nitrogens with zero attached hydrogens (tertiary/aromatic N) is 2. The molecule has 7 nitrogen and oxygen atoms in total. The molecule has 0 aliphatic carbocycles. The van der Waals surface area contributed by atoms with E-state index in [2.05, 4.69) is 40.7 Å². The highest BCUT2D eigenvalue weighted by atomic mass is 32.2. The minimum atomic E-state index is -0.790. The molecule has 2 saturated heterocycles. The van der Waals surface area contributed by atoms with E-state index in [1.807, 2.05) is 23.1 Å². The van der Waals surface area contributed by atoms with Crippen molar-refractivity contribution in [3.05, 3.63) is 24.3 Å². The van der Waals surface area contributed by atoms with Gasteiger partial charge in [0.25, 0.3) is 0 Å². The Hall–Kier alpha value is -1.80. The predicted molar refractivity (Wildman–Crippen MR) is 141 cm³/mol. The first-order chi connectivity index (χ1) is 16.9. The van der Waals surface area contributed by atoms with Gasteiger partial charge >= 0.3 is 5.97 Å². The maximum Gasteiger partial charge on any atom is 0.311 e. The van der Waals surface area contributed by atoms with Crippen LogP contribution >= 0.6 is 11.8 Å². The van der Waals surface area contributed by atoms with Crippen LogP contribution in [0.4, 0.5) is 0 Å². The first-order valence-electron chi connectivity index (χ1n) is 13.3. The average molecular weight is 519 g/mol. The molecule has 0 aromatic rings. The smallest absolute Gasteiger partial charge is 0.311 e. The lowest BCUT2D eigenvalue weighted by atomic mass is 9.78. The van der Waals surface area contributed by atoms with Gasteiger partial charge in [-0.2, -0.15) is 0 Å². The summed E-state index contributed by atoms with van der Waals surface area (Å²) in [5.41, 5.74) is -0.368. The van der Waals surface area contributed by atoms with Gasteiger partial charge in [-0.25, -0.2) is 0 Å². The molecular formula is C28H42N2O5S. The lowest BCUT2D eigenvalue weighted by Gasteiger charge is -2.44. The van der Waals surface area contributed by atoms with E-state index in [0.29, 0.717) is 13.1 Å². The monoisotopic (exact) mass is 518 g/mol. The fourth-order valence-electron chi connectivity index (χ4n) is 6.89. The molecule has 1 spiro atoms. The highest BCUT2D eigenvalue weighted by molar-refractivity contribution is 8.02. The number of unbranched alkanes of at least 4 members (excludes halogenated alkanes) is 3. The number of amides is 2. The third kappa shape index (κ3) is 4.87. The van der Waals surface area contributed by atoms with Crippen LogP contribution in [0.5, 0.6) is 0 Å². The zero-order chi connectivity index (χ0) is 26.3. The van der Waals surface area contributed by atoms with Gasteiger partial charge in [-0.1, -0.05) is 57.9 Å². The van der Waals surface area contributed by atoms with E-state index >= 15 is 0 Å². The van der Waals surface area contributed by atoms with Crippen LogP contribution in [0.15, 0.2) is 24.3 Å². The molecule has 200 valence electrons. The van der Waals surface area contributed by atoms with Crippen molar-refractivity contribution < 1.29 is 24.2 Å². The molecule has 2 fully saturated rings. The van der Waals surface area contributed by atoms with Crippen molar-refractivity contribution in [3.8, 4) is 0 Å². The molecule has 0 radical (unpaired) electrons. The number of carbonyl (C=O) groups excluding carboxylic acids is 3. The number of hydrogen-bond donors (Lipinski definition) is 1. The van der Waals surface area contributed by atoms with Gasteiger partial charge < -0.3 is 19.6 Å². The molecule has 0 bridgehead atoms. The largest absolute Gasteiger partial charge is 0.461 e. The van der Waals surface area contributed by atoms with Gasteiger partial charge in [0.15, 0.2) is 0 Å². The van der Waals surface area contributed by atoms with E-state index < -0.39 is 28.2 Å². The Bertz CT molecular complexity index is 939. The maximum atomic E-state index is 14.5. The fourth-order valence-corrected chi connectivity index (χ4v) is 8.90. The summed E-state index contributed by atoms with van der Waals surface area (Å²) in [5, 5.41) is 8.93. The standard InChI is InChI=1S/C28H42N2O5S/c1-26(2,3)18-27(4,5)30-15-11-13-28-21(20-19(36-28)12-10-17-35-25(20)34)23(32)29(22(28)24(30)33)14-8-6-7-9-16-31/h10-13,19-22,31H,6-9,14-18H2,1-5H3/t19-,20+,21-,22?,28-/m0/s1. The number of cyclic esters (lactones) is 1. The Labute approximate surface area is 219 Å². The van der Waals surface area contributed by atoms with E-state index in [1.54, 1.807) is 16.7 Å². The maximum absolute atomic E-state index is 14.5. The second-order valence-electron chi connectivity index (χ2n) is 12.5. The number of aliphatic hydroxyl groups is 1. The zero-order valence-electron chi connectivity index (χ0n) is 22.4. The number of aliphatic hydroxyl groups excluding tert-OH is 1. The summed E-state index contributed by atoms with van der Waals surface area (Å²) in [4.78, 5) is 45.3. The van der Waals surface area contributed by atoms with Gasteiger partial charge in [0, 0.05) is 30.5 Å². The molecule has 2 amide bonds. The van der Waals surface area contributed by atoms with E-state index in [0.717, 1.165) is 32.1 Å². The number of likely N-dealkylation sites (tertiary alicyclic amines) is 1. The van der Waals surface area contributed by atoms with Crippen LogP contribution in [0.25, 0.3) is 0 Å². The number of thioether (sulfide) groups is 1. The van der Waals surface area contributed by atoms with Crippen molar-refractivity contribution in [2.75, 3.05) is 26.3 Å². The molecule has 36 heavy (non-hydrogen) atoms. The minimum Gasteiger partial charge on any atom is -0.461 e. The Morgan fingerprint density at radius 3 is 2.47 bits per heavy atom. The van der Waals surface area contributed by atoms with E-state index in [9.17, 15) is 14.4 Å². The number of rotatable bonds is 8. The van der Waals surface area contributed by atoms with Crippen molar-refractivity contribution in [2.24, 2.45) is 17.3 Å². The van der Waals surface area contributed by atoms with Gasteiger partial charge in [0.1, 0.15) is 12.6 Å². The van der Waals surface area contributed by atoms with Crippen molar-refractivity contribution in [1.82, 2.24) is 9.80 Å². The Morgan fingerprint density at radius 1 is 1.06 bits per heavy atom. The van der Waals surface area contributed by atoms with Gasteiger partial charge in [-0.3, -0.25) is 14.4 Å². The minimum absolute atomic E-state index is 0.0261. The highest BCUT2D eigenvalue weighted by Gasteiger charge is 2.71. The summed E-state index contributed by atoms with van der Waals surface area (Å²) in [6, 6.07) is -0.649. The number of carbonyl (C=O) groups is 3. The van der Waals surface area contributed by atoms with Gasteiger partial charge in [0.2, 0.25) is 11.8 Å². The van der Waals surface area contributed by atoms with Crippen LogP contribution in [0, 0.1) is 17.3 Å². The average Bonchev–Trinajstić information content (AvgIpc) is 3.05. The van der Waals surface area contributed by atoms with Crippen LogP contribution in [0.3, 0.4) is 0 Å². The van der Waals surface area contributed by atoms with E-state index in [1.165, 1.54) is 0 Å². The normalized spacial score (nSPS) is 32.2. The molecule has 8 heteroatoms. The molecule has 4 rings (SSSR count). The lowest BCUT2D eigenvalue weighted by molar-refractivity contribution is -0.151. The Balaban J connectivity index is 1.72. The SMILES string of the molecule is CC(C)(C)CC(C)(C)N1CC=C[C@]23S[C@H]4C=CCOC(=O)[C@H]4[C@H]2C(=O)N(CCCCCCO)C3C1=O. The first kappa shape index (κ1) is 27.2. The molecule has 5 atom stereocenters. The van der Waals surface area contributed by atoms with E-state index in [-0.39, 0.29) is 41.7 Å². The number of ether oxygens (including phenoxy) is 1. The summed E-state index contributed by atoms with van der Waals surface area (Å²) in [7, 11) is 0. The highest BCUT2D eigenvalue weighted by Crippen LogP contribution is 2.61. The number of fused-ring (bicyclic) bond motifs is 2.